The van der Waals surface area contributed by atoms with Crippen LogP contribution in [0.4, 0.5) is 28.2 Å². The van der Waals surface area contributed by atoms with E-state index in [9.17, 15) is 40.7 Å². The summed E-state index contributed by atoms with van der Waals surface area (Å²) in [6.07, 6.45) is -4.30. The predicted molar refractivity (Wildman–Crippen MR) is 204 cm³/mol. The number of sulfonamides is 1. The van der Waals surface area contributed by atoms with Crippen LogP contribution >= 0.6 is 27.5 Å². The minimum atomic E-state index is -4.16. The summed E-state index contributed by atoms with van der Waals surface area (Å²) in [7, 11) is -2.68. The van der Waals surface area contributed by atoms with Crippen molar-refractivity contribution in [2.24, 2.45) is 0 Å². The number of anilines is 1. The molecule has 1 aliphatic carbocycles. The second kappa shape index (κ2) is 15.4. The summed E-state index contributed by atoms with van der Waals surface area (Å²) in [6.45, 7) is -1.34. The van der Waals surface area contributed by atoms with Crippen molar-refractivity contribution >= 4 is 71.3 Å². The van der Waals surface area contributed by atoms with Crippen LogP contribution in [0.15, 0.2) is 82.1 Å². The van der Waals surface area contributed by atoms with E-state index in [4.69, 9.17) is 16.3 Å². The maximum Gasteiger partial charge on any atom is 0.405 e. The van der Waals surface area contributed by atoms with Gasteiger partial charge in [0.25, 0.3) is 12.0 Å². The Morgan fingerprint density at radius 1 is 1.05 bits per heavy atom. The Hall–Kier alpha value is -5.20. The molecule has 292 valence electrons. The number of nitrogens with one attached hydrogen (secondary N) is 1. The molecule has 1 atom stereocenters. The Bertz CT molecular complexity index is 2660. The molecule has 2 heterocycles. The molecule has 1 unspecified atom stereocenters. The lowest BCUT2D eigenvalue weighted by atomic mass is 10.0. The zero-order valence-corrected chi connectivity index (χ0v) is 32.3. The fourth-order valence-electron chi connectivity index (χ4n) is 6.55. The van der Waals surface area contributed by atoms with Crippen LogP contribution in [0.3, 0.4) is 0 Å². The number of hydrogen-bond acceptors (Lipinski definition) is 7. The van der Waals surface area contributed by atoms with Crippen molar-refractivity contribution in [2.45, 2.75) is 50.1 Å². The van der Waals surface area contributed by atoms with Crippen molar-refractivity contribution in [2.75, 3.05) is 11.4 Å². The van der Waals surface area contributed by atoms with Gasteiger partial charge in [-0.3, -0.25) is 14.0 Å². The zero-order chi connectivity index (χ0) is 40.1. The summed E-state index contributed by atoms with van der Waals surface area (Å²) in [5.41, 5.74) is -0.508. The molecular weight excluding hydrogens is 848 g/mol. The van der Waals surface area contributed by atoms with Gasteiger partial charge in [-0.1, -0.05) is 39.7 Å². The molecule has 1 amide bonds. The first kappa shape index (κ1) is 39.1. The quantitative estimate of drug-likeness (QED) is 0.112. The maximum atomic E-state index is 14.7. The van der Waals surface area contributed by atoms with Gasteiger partial charge in [-0.05, 0) is 78.6 Å². The zero-order valence-electron chi connectivity index (χ0n) is 29.1. The number of nitrogens with zero attached hydrogens (tertiary/aromatic N) is 5. The molecule has 1 aliphatic rings. The van der Waals surface area contributed by atoms with Crippen LogP contribution in [0.25, 0.3) is 27.5 Å². The van der Waals surface area contributed by atoms with Gasteiger partial charge in [-0.25, -0.2) is 40.1 Å². The number of methoxy groups -OCH3 is 1. The van der Waals surface area contributed by atoms with Crippen LogP contribution in [0, 0.1) is 11.6 Å². The van der Waals surface area contributed by atoms with Crippen LogP contribution < -0.4 is 19.9 Å². The number of benzene rings is 4. The summed E-state index contributed by atoms with van der Waals surface area (Å²) >= 11 is 10.2. The average molecular weight is 878 g/mol. The highest BCUT2D eigenvalue weighted by Gasteiger charge is 2.42. The smallest absolute Gasteiger partial charge is 0.405 e. The number of halogens is 6. The summed E-state index contributed by atoms with van der Waals surface area (Å²) in [5.74, 6) is -1.93. The molecule has 6 aromatic rings. The van der Waals surface area contributed by atoms with Crippen LogP contribution in [-0.2, 0) is 29.5 Å². The van der Waals surface area contributed by atoms with Crippen molar-refractivity contribution in [3.8, 4) is 11.4 Å². The van der Waals surface area contributed by atoms with Crippen LogP contribution in [0.5, 0.6) is 5.75 Å². The molecule has 0 saturated heterocycles. The highest BCUT2D eigenvalue weighted by atomic mass is 79.9. The first-order valence-corrected chi connectivity index (χ1v) is 19.6. The molecular formula is C37H30BrClF4N6O6S. The van der Waals surface area contributed by atoms with Gasteiger partial charge in [0.2, 0.25) is 10.0 Å². The van der Waals surface area contributed by atoms with E-state index >= 15 is 0 Å². The molecule has 1 saturated carbocycles. The molecule has 19 heteroatoms. The van der Waals surface area contributed by atoms with E-state index in [1.807, 2.05) is 0 Å². The number of aromatic nitrogens is 4. The number of fused-ring (bicyclic) bond motifs is 2. The number of carbonyl (C=O) groups is 1. The molecule has 2 aromatic heterocycles. The van der Waals surface area contributed by atoms with E-state index < -0.39 is 64.0 Å². The summed E-state index contributed by atoms with van der Waals surface area (Å²) in [5, 5.41) is 15.7. The SMILES string of the molecule is COc1ccc(CN(c2nn(CC(F)F)c3c(-n4c(C(Cc5cc(F)cc(F)c5)NC(=O)O)nc5cc(Br)ccc5c4=O)ccc(Cl)c23)S(=O)(=O)C2CC2)cc1. The topological polar surface area (TPSA) is 149 Å². The van der Waals surface area contributed by atoms with Crippen molar-refractivity contribution in [1.29, 1.82) is 0 Å². The lowest BCUT2D eigenvalue weighted by molar-refractivity contribution is 0.123. The molecule has 2 N–H and O–H groups in total. The Balaban J connectivity index is 1.53. The monoisotopic (exact) mass is 876 g/mol. The van der Waals surface area contributed by atoms with Crippen LogP contribution in [-0.4, -0.2) is 57.7 Å². The standard InChI is InChI=1S/C37H30BrClF4N6O6S/c1-55-24-5-2-19(3-6-24)17-48(56(53,54)25-7-8-25)35-32-27(39)10-11-30(33(32)47(46-35)18-31(42)43)49-34(44-28-15-21(38)4-9-26(28)36(49)50)29(45-37(51)52)14-20-12-22(40)16-23(41)13-20/h2-6,9-13,15-16,25,29,31,45H,7-8,14,17-18H2,1H3,(H,51,52). The van der Waals surface area contributed by atoms with Crippen molar-refractivity contribution in [3.63, 3.8) is 0 Å². The Morgan fingerprint density at radius 2 is 1.75 bits per heavy atom. The van der Waals surface area contributed by atoms with E-state index in [1.54, 1.807) is 30.3 Å². The van der Waals surface area contributed by atoms with E-state index in [1.165, 1.54) is 31.4 Å². The normalized spacial score (nSPS) is 13.7. The van der Waals surface area contributed by atoms with Gasteiger partial charge >= 0.3 is 6.09 Å². The Morgan fingerprint density at radius 3 is 2.38 bits per heavy atom. The number of rotatable bonds is 13. The largest absolute Gasteiger partial charge is 0.497 e. The molecule has 12 nitrogen and oxygen atoms in total. The lowest BCUT2D eigenvalue weighted by Crippen LogP contribution is -2.35. The molecule has 0 bridgehead atoms. The second-order valence-corrected chi connectivity index (χ2v) is 16.5. The van der Waals surface area contributed by atoms with Crippen LogP contribution in [0.2, 0.25) is 5.02 Å². The van der Waals surface area contributed by atoms with Crippen molar-refractivity contribution in [3.05, 3.63) is 121 Å². The third-order valence-electron chi connectivity index (χ3n) is 9.16. The first-order chi connectivity index (χ1) is 26.6. The fraction of sp³-hybridized carbons (Fsp3) is 0.243. The van der Waals surface area contributed by atoms with Gasteiger partial charge in [-0.2, -0.15) is 5.10 Å². The predicted octanol–water partition coefficient (Wildman–Crippen LogP) is 7.75. The summed E-state index contributed by atoms with van der Waals surface area (Å²) in [4.78, 5) is 31.6. The van der Waals surface area contributed by atoms with Gasteiger partial charge in [-0.15, -0.1) is 0 Å². The number of amides is 1. The minimum absolute atomic E-state index is 0.00197. The molecule has 4 aromatic carbocycles. The number of hydrogen-bond donors (Lipinski definition) is 2. The Kier molecular flexibility index (Phi) is 10.7. The molecule has 1 fully saturated rings. The van der Waals surface area contributed by atoms with Gasteiger partial charge < -0.3 is 15.2 Å². The van der Waals surface area contributed by atoms with Crippen LogP contribution in [0.1, 0.15) is 35.8 Å². The van der Waals surface area contributed by atoms with Gasteiger partial charge in [0, 0.05) is 17.0 Å². The van der Waals surface area contributed by atoms with E-state index in [2.05, 4.69) is 31.3 Å². The van der Waals surface area contributed by atoms with Crippen molar-refractivity contribution in [1.82, 2.24) is 24.6 Å². The second-order valence-electron chi connectivity index (χ2n) is 13.0. The minimum Gasteiger partial charge on any atom is -0.497 e. The van der Waals surface area contributed by atoms with Crippen molar-refractivity contribution < 1.29 is 40.6 Å². The fourth-order valence-corrected chi connectivity index (χ4v) is 8.93. The summed E-state index contributed by atoms with van der Waals surface area (Å²) in [6, 6.07) is 14.9. The third-order valence-corrected chi connectivity index (χ3v) is 12.2. The highest BCUT2D eigenvalue weighted by Crippen LogP contribution is 2.42. The number of alkyl halides is 2. The molecule has 7 rings (SSSR count). The van der Waals surface area contributed by atoms with E-state index in [0.717, 1.165) is 25.7 Å². The third kappa shape index (κ3) is 7.77. The summed E-state index contributed by atoms with van der Waals surface area (Å²) < 4.78 is 94.4. The van der Waals surface area contributed by atoms with E-state index in [-0.39, 0.29) is 56.3 Å². The molecule has 0 spiro atoms. The average Bonchev–Trinajstić information content (AvgIpc) is 3.93. The molecule has 0 aliphatic heterocycles. The number of ether oxygens (including phenoxy) is 1. The maximum absolute atomic E-state index is 14.7. The molecule has 0 radical (unpaired) electrons. The number of carboxylic acid groups (broad SMARTS) is 1. The first-order valence-electron chi connectivity index (χ1n) is 16.9. The Labute approximate surface area is 329 Å². The van der Waals surface area contributed by atoms with Gasteiger partial charge in [0.1, 0.15) is 29.8 Å². The van der Waals surface area contributed by atoms with Gasteiger partial charge in [0.05, 0.1) is 57.5 Å². The highest BCUT2D eigenvalue weighted by molar-refractivity contribution is 9.10. The van der Waals surface area contributed by atoms with Gasteiger partial charge in [0.15, 0.2) is 5.82 Å². The molecule has 56 heavy (non-hydrogen) atoms. The van der Waals surface area contributed by atoms with E-state index in [0.29, 0.717) is 34.7 Å². The lowest BCUT2D eigenvalue weighted by Gasteiger charge is -2.24.